The Balaban J connectivity index is -0.000000129. The van der Waals surface area contributed by atoms with Gasteiger partial charge in [0, 0.05) is 7.11 Å². The van der Waals surface area contributed by atoms with Crippen LogP contribution in [0.5, 0.6) is 0 Å². The number of methoxy groups -OCH3 is 1. The Hall–Kier alpha value is -0.810. The summed E-state index contributed by atoms with van der Waals surface area (Å²) in [7, 11) is -0.359. The number of hydrogen-bond donors (Lipinski definition) is 1. The van der Waals surface area contributed by atoms with Crippen molar-refractivity contribution in [1.29, 1.82) is 0 Å². The molecule has 0 aliphatic heterocycles. The van der Waals surface area contributed by atoms with Crippen molar-refractivity contribution >= 4 is 10.1 Å². The zero-order valence-electron chi connectivity index (χ0n) is 21.1. The van der Waals surface area contributed by atoms with Crippen LogP contribution in [0.3, 0.4) is 0 Å². The topological polar surface area (TPSA) is 91.3 Å². The number of aliphatic hydroxyl groups excluding tert-OH is 1. The van der Waals surface area contributed by atoms with Crippen molar-refractivity contribution in [2.75, 3.05) is 33.7 Å². The van der Waals surface area contributed by atoms with Crippen LogP contribution in [-0.4, -0.2) is 59.4 Å². The predicted octanol–water partition coefficient (Wildman–Crippen LogP) is 1.80. The van der Waals surface area contributed by atoms with Crippen molar-refractivity contribution in [2.45, 2.75) is 54.1 Å². The largest absolute Gasteiger partial charge is 1.00 e. The van der Waals surface area contributed by atoms with Gasteiger partial charge in [0.25, 0.3) is 10.1 Å². The van der Waals surface area contributed by atoms with E-state index in [1.807, 2.05) is 62.4 Å². The van der Waals surface area contributed by atoms with Crippen LogP contribution >= 0.6 is 0 Å². The Labute approximate surface area is 231 Å². The fraction of sp³-hybridized carbons (Fsp3) is 0.520. The van der Waals surface area contributed by atoms with Crippen LogP contribution in [0.15, 0.2) is 60.7 Å². The van der Waals surface area contributed by atoms with Gasteiger partial charge in [0.1, 0.15) is 0 Å². The van der Waals surface area contributed by atoms with E-state index in [1.54, 1.807) is 7.11 Å². The minimum absolute atomic E-state index is 0. The molecule has 194 valence electrons. The summed E-state index contributed by atoms with van der Waals surface area (Å²) in [5.41, 5.74) is 2.34. The van der Waals surface area contributed by atoms with Crippen LogP contribution < -0.4 is 29.6 Å². The molecule has 0 aliphatic carbocycles. The zero-order valence-corrected chi connectivity index (χ0v) is 22.9. The maximum Gasteiger partial charge on any atom is 1.00 e. The van der Waals surface area contributed by atoms with Gasteiger partial charge in [-0.3, -0.25) is 4.18 Å². The minimum Gasteiger partial charge on any atom is -1.00 e. The molecule has 0 amide bonds. The Morgan fingerprint density at radius 2 is 1.18 bits per heavy atom. The van der Waals surface area contributed by atoms with Gasteiger partial charge in [-0.1, -0.05) is 75.5 Å². The number of aliphatic hydroxyl groups is 1. The molecule has 0 aromatic heterocycles. The maximum atomic E-state index is 9.78. The Morgan fingerprint density at radius 1 is 0.824 bits per heavy atom. The molecule has 2 unspecified atom stereocenters. The average molecular weight is 513 g/mol. The summed E-state index contributed by atoms with van der Waals surface area (Å²) < 4.78 is 39.3. The van der Waals surface area contributed by atoms with Gasteiger partial charge >= 0.3 is 29.6 Å². The zero-order chi connectivity index (χ0) is 23.5. The molecule has 0 radical (unpaired) electrons. The minimum atomic E-state index is -3.16. The fourth-order valence-corrected chi connectivity index (χ4v) is 1.96. The van der Waals surface area contributed by atoms with E-state index in [9.17, 15) is 8.42 Å². The van der Waals surface area contributed by atoms with Crippen LogP contribution in [0, 0.1) is 0 Å². The molecule has 0 saturated carbocycles. The van der Waals surface area contributed by atoms with Gasteiger partial charge in [0.15, 0.2) is 0 Å². The molecule has 2 aromatic carbocycles. The first-order valence-electron chi connectivity index (χ1n) is 9.88. The molecule has 2 atom stereocenters. The van der Waals surface area contributed by atoms with Crippen molar-refractivity contribution in [3.63, 3.8) is 0 Å². The van der Waals surface area contributed by atoms with Gasteiger partial charge in [-0.2, -0.15) is 8.42 Å². The quantitative estimate of drug-likeness (QED) is 0.383. The molecular formula is C25H45NaO7S. The molecule has 2 aromatic rings. The van der Waals surface area contributed by atoms with E-state index in [1.165, 1.54) is 5.56 Å². The van der Waals surface area contributed by atoms with E-state index in [2.05, 4.69) is 16.3 Å². The third-order valence-corrected chi connectivity index (χ3v) is 4.32. The summed E-state index contributed by atoms with van der Waals surface area (Å²) in [6.07, 6.45) is 1.07. The molecule has 7 nitrogen and oxygen atoms in total. The Bertz CT molecular complexity index is 766. The molecule has 0 fully saturated rings. The van der Waals surface area contributed by atoms with Crippen molar-refractivity contribution in [2.24, 2.45) is 0 Å². The molecule has 0 heterocycles. The second kappa shape index (κ2) is 25.3. The van der Waals surface area contributed by atoms with E-state index in [4.69, 9.17) is 19.3 Å². The van der Waals surface area contributed by atoms with Crippen molar-refractivity contribution in [3.05, 3.63) is 71.8 Å². The third-order valence-electron chi connectivity index (χ3n) is 3.72. The van der Waals surface area contributed by atoms with Gasteiger partial charge in [-0.15, -0.1) is 0 Å². The van der Waals surface area contributed by atoms with E-state index in [0.717, 1.165) is 18.9 Å². The standard InChI is InChI=1S/C11H16O2.C10H14O2.C2H6O3S.2CH4.Na.H/c1-10(8-12-2)13-9-11-6-4-3-5-7-11;1-9(7-11)12-8-10-5-3-2-4-6-10;1-5-6(2,3)4;;;;/h3-7,10H,8-9H2,1-2H3;2-6,9,11H,7-8H2,1H3;1-2H3;2*1H4;;/q;;;;;+1;-1. The number of ether oxygens (including phenoxy) is 3. The molecule has 1 N–H and O–H groups in total. The predicted molar refractivity (Wildman–Crippen MR) is 137 cm³/mol. The van der Waals surface area contributed by atoms with Crippen molar-refractivity contribution in [3.8, 4) is 0 Å². The molecule has 0 spiro atoms. The van der Waals surface area contributed by atoms with Gasteiger partial charge in [0.2, 0.25) is 0 Å². The van der Waals surface area contributed by atoms with Crippen molar-refractivity contribution < 1.29 is 62.9 Å². The normalized spacial score (nSPS) is 11.5. The number of benzene rings is 2. The summed E-state index contributed by atoms with van der Waals surface area (Å²) in [5, 5.41) is 8.69. The van der Waals surface area contributed by atoms with Crippen LogP contribution in [-0.2, 0) is 41.7 Å². The molecule has 9 heteroatoms. The molecule has 0 aliphatic rings. The summed E-state index contributed by atoms with van der Waals surface area (Å²) in [6, 6.07) is 20.1. The van der Waals surface area contributed by atoms with Crippen LogP contribution in [0.2, 0.25) is 0 Å². The fourth-order valence-electron chi connectivity index (χ4n) is 1.96. The second-order valence-corrected chi connectivity index (χ2v) is 8.46. The molecular weight excluding hydrogens is 467 g/mol. The van der Waals surface area contributed by atoms with Crippen LogP contribution in [0.1, 0.15) is 41.3 Å². The Morgan fingerprint density at radius 3 is 1.47 bits per heavy atom. The molecule has 34 heavy (non-hydrogen) atoms. The third kappa shape index (κ3) is 25.8. The monoisotopic (exact) mass is 512 g/mol. The smallest absolute Gasteiger partial charge is 1.00 e. The molecule has 2 rings (SSSR count). The van der Waals surface area contributed by atoms with E-state index < -0.39 is 10.1 Å². The molecule has 0 saturated heterocycles. The van der Waals surface area contributed by atoms with Crippen molar-refractivity contribution in [1.82, 2.24) is 0 Å². The number of rotatable bonds is 10. The van der Waals surface area contributed by atoms with E-state index in [0.29, 0.717) is 19.8 Å². The average Bonchev–Trinajstić information content (AvgIpc) is 2.78. The van der Waals surface area contributed by atoms with Gasteiger partial charge in [0.05, 0.1) is 52.0 Å². The first kappa shape index (κ1) is 40.4. The summed E-state index contributed by atoms with van der Waals surface area (Å²) in [5.74, 6) is 0. The van der Waals surface area contributed by atoms with E-state index in [-0.39, 0.29) is 64.7 Å². The summed E-state index contributed by atoms with van der Waals surface area (Å²) >= 11 is 0. The number of hydrogen-bond acceptors (Lipinski definition) is 7. The Kier molecular flexibility index (Phi) is 30.0. The van der Waals surface area contributed by atoms with Gasteiger partial charge in [-0.05, 0) is 25.0 Å². The summed E-state index contributed by atoms with van der Waals surface area (Å²) in [4.78, 5) is 0. The van der Waals surface area contributed by atoms with Gasteiger partial charge in [-0.25, -0.2) is 0 Å². The van der Waals surface area contributed by atoms with E-state index >= 15 is 0 Å². The summed E-state index contributed by atoms with van der Waals surface area (Å²) in [6.45, 7) is 5.81. The maximum absolute atomic E-state index is 9.78. The van der Waals surface area contributed by atoms with Gasteiger partial charge < -0.3 is 20.7 Å². The second-order valence-electron chi connectivity index (χ2n) is 6.72. The van der Waals surface area contributed by atoms with Crippen LogP contribution in [0.4, 0.5) is 0 Å². The van der Waals surface area contributed by atoms with Crippen LogP contribution in [0.25, 0.3) is 0 Å². The SMILES string of the molecule is C.C.CC(CO)OCc1ccccc1.COCC(C)OCc1ccccc1.COS(C)(=O)=O.[H-].[Na+]. The first-order chi connectivity index (χ1) is 14.7. The molecule has 0 bridgehead atoms. The first-order valence-corrected chi connectivity index (χ1v) is 11.7.